The second-order valence-corrected chi connectivity index (χ2v) is 5.93. The molecule has 0 aromatic heterocycles. The summed E-state index contributed by atoms with van der Waals surface area (Å²) in [6.45, 7) is 10.3. The first-order valence-electron chi connectivity index (χ1n) is 6.06. The first kappa shape index (κ1) is 17.5. The van der Waals surface area contributed by atoms with E-state index in [1.54, 1.807) is 41.5 Å². The van der Waals surface area contributed by atoms with E-state index in [0.717, 1.165) is 5.06 Å². The number of carbonyl (C=O) groups excluding carboxylic acids is 2. The Morgan fingerprint density at radius 1 is 1.00 bits per heavy atom. The molecule has 0 heterocycles. The minimum absolute atomic E-state index is 0.0220. The molecule has 0 rings (SSSR count). The molecule has 0 atom stereocenters. The molecule has 0 bridgehead atoms. The molecule has 0 aliphatic carbocycles. The Balaban J connectivity index is 4.57. The maximum Gasteiger partial charge on any atom is 0.534 e. The van der Waals surface area contributed by atoms with Gasteiger partial charge in [0, 0.05) is 6.54 Å². The van der Waals surface area contributed by atoms with Gasteiger partial charge in [-0.3, -0.25) is 0 Å². The summed E-state index contributed by atoms with van der Waals surface area (Å²) in [6, 6.07) is 0. The minimum atomic E-state index is -0.980. The number of rotatable bonds is 2. The molecule has 0 saturated heterocycles. The van der Waals surface area contributed by atoms with E-state index in [9.17, 15) is 9.59 Å². The Hall–Kier alpha value is -1.50. The summed E-state index contributed by atoms with van der Waals surface area (Å²) in [5.74, 6) is 0. The molecular weight excluding hydrogens is 252 g/mol. The van der Waals surface area contributed by atoms with E-state index in [1.165, 1.54) is 0 Å². The molecule has 7 heteroatoms. The molecule has 7 nitrogen and oxygen atoms in total. The summed E-state index contributed by atoms with van der Waals surface area (Å²) >= 11 is 0. The van der Waals surface area contributed by atoms with Crippen molar-refractivity contribution in [1.82, 2.24) is 5.06 Å². The summed E-state index contributed by atoms with van der Waals surface area (Å²) in [7, 11) is 0. The van der Waals surface area contributed by atoms with Gasteiger partial charge in [0.25, 0.3) is 0 Å². The van der Waals surface area contributed by atoms with Crippen molar-refractivity contribution in [1.29, 1.82) is 0 Å². The van der Waals surface area contributed by atoms with Crippen LogP contribution in [0.1, 0.15) is 41.5 Å². The zero-order valence-corrected chi connectivity index (χ0v) is 12.5. The third-order valence-corrected chi connectivity index (χ3v) is 1.50. The van der Waals surface area contributed by atoms with E-state index in [-0.39, 0.29) is 13.1 Å². The number of ether oxygens (including phenoxy) is 2. The van der Waals surface area contributed by atoms with Crippen LogP contribution in [0.5, 0.6) is 0 Å². The molecule has 2 N–H and O–H groups in total. The maximum absolute atomic E-state index is 11.8. The number of nitrogens with zero attached hydrogens (tertiary/aromatic N) is 1. The summed E-state index contributed by atoms with van der Waals surface area (Å²) < 4.78 is 10.0. The lowest BCUT2D eigenvalue weighted by Crippen LogP contribution is -2.42. The Morgan fingerprint density at radius 3 is 1.84 bits per heavy atom. The smallest absolute Gasteiger partial charge is 0.442 e. The fourth-order valence-corrected chi connectivity index (χ4v) is 0.963. The van der Waals surface area contributed by atoms with E-state index in [1.807, 2.05) is 0 Å². The maximum atomic E-state index is 11.8. The highest BCUT2D eigenvalue weighted by atomic mass is 16.8. The average molecular weight is 276 g/mol. The van der Waals surface area contributed by atoms with Crippen LogP contribution in [-0.2, 0) is 14.3 Å². The highest BCUT2D eigenvalue weighted by Gasteiger charge is 2.27. The Morgan fingerprint density at radius 2 is 1.47 bits per heavy atom. The standard InChI is InChI=1S/C12H24N2O5/c1-11(2,3)17-9(15)14(8-7-13)19-10(16)18-12(4,5)6/h7-8,13H2,1-6H3. The van der Waals surface area contributed by atoms with Gasteiger partial charge in [-0.25, -0.2) is 9.59 Å². The van der Waals surface area contributed by atoms with Crippen LogP contribution < -0.4 is 5.73 Å². The van der Waals surface area contributed by atoms with Crippen molar-refractivity contribution >= 4 is 12.2 Å². The Bertz CT molecular complexity index is 317. The summed E-state index contributed by atoms with van der Waals surface area (Å²) in [5, 5.41) is 0.749. The first-order chi connectivity index (χ1) is 8.44. The molecule has 1 amide bonds. The molecule has 0 spiro atoms. The summed E-state index contributed by atoms with van der Waals surface area (Å²) in [5.41, 5.74) is 3.95. The van der Waals surface area contributed by atoms with Gasteiger partial charge in [-0.05, 0) is 41.5 Å². The van der Waals surface area contributed by atoms with Crippen molar-refractivity contribution in [2.75, 3.05) is 13.1 Å². The molecule has 0 aliphatic rings. The van der Waals surface area contributed by atoms with Crippen LogP contribution in [-0.4, -0.2) is 41.6 Å². The monoisotopic (exact) mass is 276 g/mol. The largest absolute Gasteiger partial charge is 0.534 e. The Labute approximate surface area is 113 Å². The number of carbonyl (C=O) groups is 2. The average Bonchev–Trinajstić information content (AvgIpc) is 2.10. The van der Waals surface area contributed by atoms with Crippen molar-refractivity contribution in [3.8, 4) is 0 Å². The molecular formula is C12H24N2O5. The van der Waals surface area contributed by atoms with Crippen molar-refractivity contribution in [3.05, 3.63) is 0 Å². The fourth-order valence-electron chi connectivity index (χ4n) is 0.963. The number of amides is 1. The van der Waals surface area contributed by atoms with Crippen molar-refractivity contribution in [2.24, 2.45) is 5.73 Å². The SMILES string of the molecule is CC(C)(C)OC(=O)ON(CCN)C(=O)OC(C)(C)C. The zero-order chi connectivity index (χ0) is 15.3. The van der Waals surface area contributed by atoms with Gasteiger partial charge < -0.3 is 20.0 Å². The molecule has 0 unspecified atom stereocenters. The molecule has 0 aromatic carbocycles. The third-order valence-electron chi connectivity index (χ3n) is 1.50. The number of nitrogens with two attached hydrogens (primary N) is 1. The molecule has 0 radical (unpaired) electrons. The van der Waals surface area contributed by atoms with Crippen LogP contribution in [0.15, 0.2) is 0 Å². The highest BCUT2D eigenvalue weighted by molar-refractivity contribution is 5.70. The van der Waals surface area contributed by atoms with Crippen LogP contribution >= 0.6 is 0 Å². The minimum Gasteiger partial charge on any atom is -0.442 e. The summed E-state index contributed by atoms with van der Waals surface area (Å²) in [4.78, 5) is 28.0. The normalized spacial score (nSPS) is 11.7. The first-order valence-corrected chi connectivity index (χ1v) is 6.06. The van der Waals surface area contributed by atoms with E-state index in [2.05, 4.69) is 0 Å². The second-order valence-electron chi connectivity index (χ2n) is 5.93. The van der Waals surface area contributed by atoms with Crippen molar-refractivity contribution in [3.63, 3.8) is 0 Å². The van der Waals surface area contributed by atoms with Crippen LogP contribution in [0, 0.1) is 0 Å². The van der Waals surface area contributed by atoms with Gasteiger partial charge in [-0.15, -0.1) is 5.06 Å². The molecule has 112 valence electrons. The van der Waals surface area contributed by atoms with Gasteiger partial charge in [0.1, 0.15) is 11.2 Å². The van der Waals surface area contributed by atoms with Gasteiger partial charge >= 0.3 is 12.2 Å². The van der Waals surface area contributed by atoms with E-state index < -0.39 is 23.5 Å². The van der Waals surface area contributed by atoms with Gasteiger partial charge in [-0.2, -0.15) is 0 Å². The lowest BCUT2D eigenvalue weighted by atomic mass is 10.2. The van der Waals surface area contributed by atoms with Gasteiger partial charge in [0.2, 0.25) is 0 Å². The van der Waals surface area contributed by atoms with Crippen molar-refractivity contribution in [2.45, 2.75) is 52.7 Å². The third kappa shape index (κ3) is 9.12. The zero-order valence-electron chi connectivity index (χ0n) is 12.5. The van der Waals surface area contributed by atoms with Gasteiger partial charge in [-0.1, -0.05) is 0 Å². The lowest BCUT2D eigenvalue weighted by Gasteiger charge is -2.26. The quantitative estimate of drug-likeness (QED) is 0.613. The predicted molar refractivity (Wildman–Crippen MR) is 69.3 cm³/mol. The molecule has 0 aliphatic heterocycles. The molecule has 0 fully saturated rings. The fraction of sp³-hybridized carbons (Fsp3) is 0.833. The van der Waals surface area contributed by atoms with Crippen LogP contribution in [0.4, 0.5) is 9.59 Å². The van der Waals surface area contributed by atoms with Crippen molar-refractivity contribution < 1.29 is 23.9 Å². The lowest BCUT2D eigenvalue weighted by molar-refractivity contribution is -0.134. The van der Waals surface area contributed by atoms with E-state index >= 15 is 0 Å². The molecule has 0 aromatic rings. The number of hydroxylamine groups is 2. The van der Waals surface area contributed by atoms with E-state index in [4.69, 9.17) is 20.0 Å². The number of hydrogen-bond donors (Lipinski definition) is 1. The highest BCUT2D eigenvalue weighted by Crippen LogP contribution is 2.12. The molecule has 0 saturated carbocycles. The topological polar surface area (TPSA) is 91.1 Å². The van der Waals surface area contributed by atoms with Gasteiger partial charge in [0.05, 0.1) is 6.54 Å². The summed E-state index contributed by atoms with van der Waals surface area (Å²) in [6.07, 6.45) is -1.77. The molecule has 19 heavy (non-hydrogen) atoms. The van der Waals surface area contributed by atoms with E-state index in [0.29, 0.717) is 0 Å². The second kappa shape index (κ2) is 6.60. The Kier molecular flexibility index (Phi) is 6.08. The predicted octanol–water partition coefficient (Wildman–Crippen LogP) is 2.05. The number of hydrogen-bond acceptors (Lipinski definition) is 6. The van der Waals surface area contributed by atoms with Crippen LogP contribution in [0.3, 0.4) is 0 Å². The van der Waals surface area contributed by atoms with Crippen LogP contribution in [0.2, 0.25) is 0 Å². The van der Waals surface area contributed by atoms with Gasteiger partial charge in [0.15, 0.2) is 0 Å². The van der Waals surface area contributed by atoms with Crippen LogP contribution in [0.25, 0.3) is 0 Å².